The van der Waals surface area contributed by atoms with Gasteiger partial charge in [0.05, 0.1) is 0 Å². The second-order valence-corrected chi connectivity index (χ2v) is 3.34. The number of hydrogen-bond acceptors (Lipinski definition) is 0. The molecule has 0 atom stereocenters. The second-order valence-electron chi connectivity index (χ2n) is 3.34. The van der Waals surface area contributed by atoms with Crippen LogP contribution in [0.5, 0.6) is 0 Å². The van der Waals surface area contributed by atoms with E-state index in [0.29, 0.717) is 0 Å². The summed E-state index contributed by atoms with van der Waals surface area (Å²) in [6.07, 6.45) is 4.18. The number of rotatable bonds is 3. The molecule has 0 saturated heterocycles. The summed E-state index contributed by atoms with van der Waals surface area (Å²) in [5.74, 6) is 0. The first-order valence-electron chi connectivity index (χ1n) is 5.98. The molecular formula is C15H24. The Kier molecular flexibility index (Phi) is 6.77. The minimum absolute atomic E-state index is 1.10. The van der Waals surface area contributed by atoms with E-state index in [2.05, 4.69) is 39.5 Å². The zero-order valence-electron chi connectivity index (χ0n) is 10.9. The maximum atomic E-state index is 3.84. The van der Waals surface area contributed by atoms with Gasteiger partial charge in [-0.15, -0.1) is 0 Å². The highest BCUT2D eigenvalue weighted by atomic mass is 14.1. The summed E-state index contributed by atoms with van der Waals surface area (Å²) < 4.78 is 0. The van der Waals surface area contributed by atoms with Gasteiger partial charge in [-0.3, -0.25) is 0 Å². The maximum Gasteiger partial charge on any atom is -0.0228 e. The predicted octanol–water partition coefficient (Wildman–Crippen LogP) is 4.79. The van der Waals surface area contributed by atoms with Crippen molar-refractivity contribution in [3.8, 4) is 0 Å². The summed E-state index contributed by atoms with van der Waals surface area (Å²) in [6.45, 7) is 14.5. The molecule has 0 aliphatic heterocycles. The smallest absolute Gasteiger partial charge is 0.0228 e. The van der Waals surface area contributed by atoms with Crippen molar-refractivity contribution in [1.82, 2.24) is 0 Å². The number of benzene rings is 1. The summed E-state index contributed by atoms with van der Waals surface area (Å²) in [5, 5.41) is 0. The van der Waals surface area contributed by atoms with Gasteiger partial charge in [-0.25, -0.2) is 0 Å². The normalized spacial score (nSPS) is 9.13. The zero-order valence-corrected chi connectivity index (χ0v) is 10.9. The molecule has 0 amide bonds. The van der Waals surface area contributed by atoms with Gasteiger partial charge in [-0.05, 0) is 42.0 Å². The molecule has 0 saturated carbocycles. The first-order valence-corrected chi connectivity index (χ1v) is 5.98. The fourth-order valence-corrected chi connectivity index (χ4v) is 1.93. The van der Waals surface area contributed by atoms with Gasteiger partial charge >= 0.3 is 0 Å². The van der Waals surface area contributed by atoms with Crippen molar-refractivity contribution in [3.05, 3.63) is 41.0 Å². The van der Waals surface area contributed by atoms with E-state index in [1.807, 2.05) is 19.9 Å². The van der Waals surface area contributed by atoms with Gasteiger partial charge in [-0.1, -0.05) is 52.5 Å². The molecule has 0 heterocycles. The first-order chi connectivity index (χ1) is 7.24. The fraction of sp³-hybridized carbons (Fsp3) is 0.467. The van der Waals surface area contributed by atoms with Crippen LogP contribution >= 0.6 is 0 Å². The maximum absolute atomic E-state index is 3.84. The van der Waals surface area contributed by atoms with Crippen LogP contribution in [-0.4, -0.2) is 0 Å². The average Bonchev–Trinajstić information content (AvgIpc) is 2.31. The highest BCUT2D eigenvalue weighted by molar-refractivity contribution is 5.56. The van der Waals surface area contributed by atoms with Gasteiger partial charge in [0, 0.05) is 0 Å². The lowest BCUT2D eigenvalue weighted by atomic mass is 9.93. The lowest BCUT2D eigenvalue weighted by Crippen LogP contribution is -1.97. The Labute approximate surface area is 95.0 Å². The third kappa shape index (κ3) is 3.23. The Bertz CT molecular complexity index is 308. The quantitative estimate of drug-likeness (QED) is 0.664. The van der Waals surface area contributed by atoms with E-state index in [1.165, 1.54) is 22.3 Å². The fourth-order valence-electron chi connectivity index (χ4n) is 1.93. The van der Waals surface area contributed by atoms with Crippen molar-refractivity contribution < 1.29 is 0 Å². The van der Waals surface area contributed by atoms with E-state index in [0.717, 1.165) is 12.8 Å². The van der Waals surface area contributed by atoms with E-state index >= 15 is 0 Å². The first kappa shape index (κ1) is 14.0. The van der Waals surface area contributed by atoms with Crippen molar-refractivity contribution >= 4 is 6.08 Å². The van der Waals surface area contributed by atoms with Crippen molar-refractivity contribution in [1.29, 1.82) is 0 Å². The van der Waals surface area contributed by atoms with Gasteiger partial charge in [0.2, 0.25) is 0 Å². The van der Waals surface area contributed by atoms with Gasteiger partial charge < -0.3 is 0 Å². The number of hydrogen-bond donors (Lipinski definition) is 0. The molecule has 0 unspecified atom stereocenters. The molecule has 0 heteroatoms. The van der Waals surface area contributed by atoms with E-state index in [-0.39, 0.29) is 0 Å². The molecule has 1 aromatic rings. The molecule has 15 heavy (non-hydrogen) atoms. The monoisotopic (exact) mass is 204 g/mol. The second kappa shape index (κ2) is 7.28. The van der Waals surface area contributed by atoms with Gasteiger partial charge in [-0.2, -0.15) is 0 Å². The summed E-state index contributed by atoms with van der Waals surface area (Å²) in [5.41, 5.74) is 5.67. The van der Waals surface area contributed by atoms with Gasteiger partial charge in [0.1, 0.15) is 0 Å². The number of aryl methyl sites for hydroxylation is 1. The lowest BCUT2D eigenvalue weighted by molar-refractivity contribution is 1.01. The average molecular weight is 204 g/mol. The molecule has 0 N–H and O–H groups in total. The third-order valence-corrected chi connectivity index (χ3v) is 2.63. The Hall–Kier alpha value is -1.04. The van der Waals surface area contributed by atoms with Crippen molar-refractivity contribution in [2.45, 2.75) is 47.5 Å². The predicted molar refractivity (Wildman–Crippen MR) is 71.4 cm³/mol. The summed E-state index contributed by atoms with van der Waals surface area (Å²) in [6, 6.07) is 4.36. The van der Waals surface area contributed by atoms with E-state index < -0.39 is 0 Å². The highest BCUT2D eigenvalue weighted by Crippen LogP contribution is 2.21. The molecule has 0 nitrogen and oxygen atoms in total. The zero-order chi connectivity index (χ0) is 11.8. The van der Waals surface area contributed by atoms with Crippen molar-refractivity contribution in [2.75, 3.05) is 0 Å². The van der Waals surface area contributed by atoms with Crippen LogP contribution < -0.4 is 0 Å². The van der Waals surface area contributed by atoms with Crippen molar-refractivity contribution in [3.63, 3.8) is 0 Å². The largest absolute Gasteiger partial charge is 0.0985 e. The molecule has 0 fully saturated rings. The van der Waals surface area contributed by atoms with Gasteiger partial charge in [0.25, 0.3) is 0 Å². The van der Waals surface area contributed by atoms with Crippen LogP contribution in [0.4, 0.5) is 0 Å². The topological polar surface area (TPSA) is 0 Å². The minimum atomic E-state index is 1.10. The van der Waals surface area contributed by atoms with Crippen LogP contribution in [0, 0.1) is 6.92 Å². The molecule has 0 bridgehead atoms. The van der Waals surface area contributed by atoms with Crippen molar-refractivity contribution in [2.24, 2.45) is 0 Å². The minimum Gasteiger partial charge on any atom is -0.0985 e. The molecular weight excluding hydrogens is 180 g/mol. The molecule has 0 aromatic heterocycles. The molecule has 0 aliphatic carbocycles. The van der Waals surface area contributed by atoms with E-state index in [1.54, 1.807) is 0 Å². The Morgan fingerprint density at radius 1 is 1.07 bits per heavy atom. The SMILES string of the molecule is C=Cc1ccc(C)c(CC)c1CC.CC. The highest BCUT2D eigenvalue weighted by Gasteiger charge is 2.05. The van der Waals surface area contributed by atoms with Crippen LogP contribution in [-0.2, 0) is 12.8 Å². The Morgan fingerprint density at radius 3 is 2.00 bits per heavy atom. The Morgan fingerprint density at radius 2 is 1.60 bits per heavy atom. The lowest BCUT2D eigenvalue weighted by Gasteiger charge is -2.12. The molecule has 0 aliphatic rings. The molecule has 1 rings (SSSR count). The molecule has 0 spiro atoms. The van der Waals surface area contributed by atoms with Crippen LogP contribution in [0.2, 0.25) is 0 Å². The van der Waals surface area contributed by atoms with Crippen LogP contribution in [0.15, 0.2) is 18.7 Å². The van der Waals surface area contributed by atoms with Crippen LogP contribution in [0.3, 0.4) is 0 Å². The van der Waals surface area contributed by atoms with Crippen LogP contribution in [0.25, 0.3) is 6.08 Å². The summed E-state index contributed by atoms with van der Waals surface area (Å²) in [7, 11) is 0. The molecule has 0 radical (unpaired) electrons. The van der Waals surface area contributed by atoms with Crippen LogP contribution in [0.1, 0.15) is 49.9 Å². The van der Waals surface area contributed by atoms with E-state index in [9.17, 15) is 0 Å². The summed E-state index contributed by atoms with van der Waals surface area (Å²) in [4.78, 5) is 0. The Balaban J connectivity index is 0.000000921. The molecule has 84 valence electrons. The van der Waals surface area contributed by atoms with Gasteiger partial charge in [0.15, 0.2) is 0 Å². The summed E-state index contributed by atoms with van der Waals surface area (Å²) >= 11 is 0. The standard InChI is InChI=1S/C13H18.C2H6/c1-5-11-9-8-10(4)12(6-2)13(11)7-3;1-2/h5,8-9H,1,6-7H2,2-4H3;1-2H3. The molecule has 1 aromatic carbocycles. The van der Waals surface area contributed by atoms with E-state index in [4.69, 9.17) is 0 Å². The third-order valence-electron chi connectivity index (χ3n) is 2.63.